The predicted molar refractivity (Wildman–Crippen MR) is 90.8 cm³/mol. The average molecular weight is 316 g/mol. The van der Waals surface area contributed by atoms with E-state index in [2.05, 4.69) is 10.6 Å². The van der Waals surface area contributed by atoms with Crippen molar-refractivity contribution < 1.29 is 9.59 Å². The molecule has 1 heterocycles. The van der Waals surface area contributed by atoms with Gasteiger partial charge in [0.25, 0.3) is 11.8 Å². The number of anilines is 1. The third-order valence-electron chi connectivity index (χ3n) is 3.39. The normalized spacial score (nSPS) is 10.3. The molecule has 0 radical (unpaired) electrons. The number of rotatable bonds is 5. The molecule has 4 nitrogen and oxygen atoms in total. The van der Waals surface area contributed by atoms with E-state index >= 15 is 0 Å². The molecule has 0 fully saturated rings. The highest BCUT2D eigenvalue weighted by Gasteiger charge is 2.23. The number of thiophene rings is 1. The van der Waals surface area contributed by atoms with E-state index in [9.17, 15) is 9.59 Å². The number of carbonyl (C=O) groups excluding carboxylic acids is 2. The second kappa shape index (κ2) is 7.22. The number of nitrogens with one attached hydrogen (secondary N) is 2. The monoisotopic (exact) mass is 316 g/mol. The van der Waals surface area contributed by atoms with Crippen LogP contribution in [0.4, 0.5) is 5.69 Å². The maximum absolute atomic E-state index is 12.6. The lowest BCUT2D eigenvalue weighted by Crippen LogP contribution is -2.26. The van der Waals surface area contributed by atoms with Gasteiger partial charge in [0, 0.05) is 17.1 Å². The van der Waals surface area contributed by atoms with Gasteiger partial charge in [0.2, 0.25) is 0 Å². The number of para-hydroxylation sites is 1. The zero-order chi connectivity index (χ0) is 16.1. The second-order valence-electron chi connectivity index (χ2n) is 5.06. The molecule has 0 aliphatic heterocycles. The van der Waals surface area contributed by atoms with Gasteiger partial charge in [-0.05, 0) is 38.0 Å². The van der Waals surface area contributed by atoms with Gasteiger partial charge in [-0.1, -0.05) is 25.1 Å². The molecule has 0 unspecified atom stereocenters. The van der Waals surface area contributed by atoms with Crippen LogP contribution in [-0.2, 0) is 0 Å². The Hall–Kier alpha value is -2.14. The van der Waals surface area contributed by atoms with Crippen LogP contribution in [0.3, 0.4) is 0 Å². The fraction of sp³-hybridized carbons (Fsp3) is 0.294. The van der Waals surface area contributed by atoms with E-state index < -0.39 is 0 Å². The first-order chi connectivity index (χ1) is 10.5. The van der Waals surface area contributed by atoms with Crippen molar-refractivity contribution in [3.8, 4) is 0 Å². The van der Waals surface area contributed by atoms with E-state index in [1.807, 2.05) is 51.1 Å². The van der Waals surface area contributed by atoms with Crippen molar-refractivity contribution in [2.24, 2.45) is 0 Å². The lowest BCUT2D eigenvalue weighted by Gasteiger charge is -2.08. The highest BCUT2D eigenvalue weighted by molar-refractivity contribution is 7.14. The molecule has 0 aliphatic carbocycles. The molecule has 0 aliphatic rings. The number of aryl methyl sites for hydroxylation is 1. The van der Waals surface area contributed by atoms with Gasteiger partial charge in [-0.2, -0.15) is 0 Å². The Kier molecular flexibility index (Phi) is 5.33. The van der Waals surface area contributed by atoms with E-state index in [1.54, 1.807) is 0 Å². The van der Waals surface area contributed by atoms with Crippen molar-refractivity contribution in [1.29, 1.82) is 0 Å². The molecule has 116 valence electrons. The summed E-state index contributed by atoms with van der Waals surface area (Å²) in [6.07, 6.45) is 0.862. The van der Waals surface area contributed by atoms with Crippen molar-refractivity contribution in [3.63, 3.8) is 0 Å². The highest BCUT2D eigenvalue weighted by atomic mass is 32.1. The van der Waals surface area contributed by atoms with Crippen molar-refractivity contribution in [3.05, 3.63) is 51.2 Å². The lowest BCUT2D eigenvalue weighted by molar-refractivity contribution is 0.0944. The third kappa shape index (κ3) is 3.54. The van der Waals surface area contributed by atoms with Crippen LogP contribution >= 0.6 is 11.3 Å². The van der Waals surface area contributed by atoms with Crippen molar-refractivity contribution in [1.82, 2.24) is 5.32 Å². The molecule has 1 aromatic heterocycles. The SMILES string of the molecule is CCCNC(=O)c1sc(C)c(C)c1C(=O)Nc1ccccc1. The molecule has 1 aromatic carbocycles. The molecule has 0 spiro atoms. The van der Waals surface area contributed by atoms with Crippen LogP contribution in [0.5, 0.6) is 0 Å². The van der Waals surface area contributed by atoms with Gasteiger partial charge >= 0.3 is 0 Å². The zero-order valence-corrected chi connectivity index (χ0v) is 13.8. The summed E-state index contributed by atoms with van der Waals surface area (Å²) in [7, 11) is 0. The summed E-state index contributed by atoms with van der Waals surface area (Å²) in [4.78, 5) is 26.3. The molecular formula is C17H20N2O2S. The minimum Gasteiger partial charge on any atom is -0.351 e. The Labute approximate surface area is 134 Å². The fourth-order valence-corrected chi connectivity index (χ4v) is 3.17. The van der Waals surface area contributed by atoms with Crippen LogP contribution in [0.15, 0.2) is 30.3 Å². The Morgan fingerprint density at radius 3 is 2.41 bits per heavy atom. The van der Waals surface area contributed by atoms with E-state index in [0.29, 0.717) is 17.0 Å². The summed E-state index contributed by atoms with van der Waals surface area (Å²) in [5.41, 5.74) is 2.05. The molecule has 2 aromatic rings. The minimum absolute atomic E-state index is 0.179. The lowest BCUT2D eigenvalue weighted by atomic mass is 10.1. The largest absolute Gasteiger partial charge is 0.351 e. The quantitative estimate of drug-likeness (QED) is 0.882. The molecule has 5 heteroatoms. The second-order valence-corrected chi connectivity index (χ2v) is 6.29. The van der Waals surface area contributed by atoms with Gasteiger partial charge < -0.3 is 10.6 Å². The van der Waals surface area contributed by atoms with Crippen LogP contribution in [0.1, 0.15) is 43.8 Å². The van der Waals surface area contributed by atoms with Crippen LogP contribution < -0.4 is 10.6 Å². The summed E-state index contributed by atoms with van der Waals surface area (Å²) < 4.78 is 0. The fourth-order valence-electron chi connectivity index (χ4n) is 2.09. The maximum atomic E-state index is 12.6. The van der Waals surface area contributed by atoms with Gasteiger partial charge in [0.1, 0.15) is 4.88 Å². The van der Waals surface area contributed by atoms with Crippen molar-refractivity contribution in [2.45, 2.75) is 27.2 Å². The van der Waals surface area contributed by atoms with E-state index in [-0.39, 0.29) is 11.8 Å². The summed E-state index contributed by atoms with van der Waals surface area (Å²) in [5.74, 6) is -0.420. The van der Waals surface area contributed by atoms with Gasteiger partial charge in [-0.25, -0.2) is 0 Å². The third-order valence-corrected chi connectivity index (χ3v) is 4.59. The van der Waals surface area contributed by atoms with E-state index in [1.165, 1.54) is 11.3 Å². The molecule has 0 bridgehead atoms. The Bertz CT molecular complexity index is 677. The van der Waals surface area contributed by atoms with Gasteiger partial charge in [-0.15, -0.1) is 11.3 Å². The summed E-state index contributed by atoms with van der Waals surface area (Å²) in [6.45, 7) is 6.40. The van der Waals surface area contributed by atoms with Crippen molar-refractivity contribution >= 4 is 28.8 Å². The average Bonchev–Trinajstić information content (AvgIpc) is 2.81. The topological polar surface area (TPSA) is 58.2 Å². The summed E-state index contributed by atoms with van der Waals surface area (Å²) in [6, 6.07) is 9.25. The van der Waals surface area contributed by atoms with Crippen LogP contribution in [0, 0.1) is 13.8 Å². The van der Waals surface area contributed by atoms with E-state index in [0.717, 1.165) is 22.5 Å². The molecule has 22 heavy (non-hydrogen) atoms. The number of hydrogen-bond donors (Lipinski definition) is 2. The summed E-state index contributed by atoms with van der Waals surface area (Å²) >= 11 is 1.37. The molecule has 0 saturated carbocycles. The predicted octanol–water partition coefficient (Wildman–Crippen LogP) is 3.76. The molecule has 2 N–H and O–H groups in total. The maximum Gasteiger partial charge on any atom is 0.262 e. The number of amides is 2. The zero-order valence-electron chi connectivity index (χ0n) is 13.0. The van der Waals surface area contributed by atoms with Gasteiger partial charge in [0.15, 0.2) is 0 Å². The Balaban J connectivity index is 2.29. The first-order valence-electron chi connectivity index (χ1n) is 7.29. The molecule has 2 amide bonds. The van der Waals surface area contributed by atoms with Gasteiger partial charge in [-0.3, -0.25) is 9.59 Å². The number of carbonyl (C=O) groups is 2. The first kappa shape index (κ1) is 16.2. The molecule has 0 atom stereocenters. The van der Waals surface area contributed by atoms with E-state index in [4.69, 9.17) is 0 Å². The van der Waals surface area contributed by atoms with Crippen LogP contribution in [0.2, 0.25) is 0 Å². The minimum atomic E-state index is -0.241. The Morgan fingerprint density at radius 2 is 1.77 bits per heavy atom. The Morgan fingerprint density at radius 1 is 1.09 bits per heavy atom. The molecule has 2 rings (SSSR count). The number of benzene rings is 1. The molecule has 0 saturated heterocycles. The highest BCUT2D eigenvalue weighted by Crippen LogP contribution is 2.28. The summed E-state index contributed by atoms with van der Waals surface area (Å²) in [5, 5.41) is 5.69. The van der Waals surface area contributed by atoms with Crippen molar-refractivity contribution in [2.75, 3.05) is 11.9 Å². The van der Waals surface area contributed by atoms with Gasteiger partial charge in [0.05, 0.1) is 5.56 Å². The standard InChI is InChI=1S/C17H20N2O2S/c1-4-10-18-17(21)15-14(11(2)12(3)22-15)16(20)19-13-8-6-5-7-9-13/h5-9H,4,10H2,1-3H3,(H,18,21)(H,19,20). The first-order valence-corrected chi connectivity index (χ1v) is 8.10. The smallest absolute Gasteiger partial charge is 0.262 e. The number of hydrogen-bond acceptors (Lipinski definition) is 3. The van der Waals surface area contributed by atoms with Crippen LogP contribution in [0.25, 0.3) is 0 Å². The van der Waals surface area contributed by atoms with Crippen LogP contribution in [-0.4, -0.2) is 18.4 Å². The molecular weight excluding hydrogens is 296 g/mol.